The highest BCUT2D eigenvalue weighted by molar-refractivity contribution is 7.10. The maximum Gasteiger partial charge on any atom is 0.248 e. The van der Waals surface area contributed by atoms with Crippen LogP contribution < -0.4 is 5.32 Å². The van der Waals surface area contributed by atoms with E-state index in [9.17, 15) is 4.79 Å². The topological polar surface area (TPSA) is 41.6 Å². The Morgan fingerprint density at radius 2 is 2.11 bits per heavy atom. The van der Waals surface area contributed by atoms with Gasteiger partial charge in [-0.3, -0.25) is 9.69 Å². The van der Waals surface area contributed by atoms with Crippen molar-refractivity contribution >= 4 is 28.8 Å². The number of rotatable bonds is 8. The SMILES string of the molecule is CC(OCC1CC1)C(=O)NCC(c1ccc(Cl)cc1)N1CCc2sccc2C1. The van der Waals surface area contributed by atoms with Gasteiger partial charge < -0.3 is 10.1 Å². The third kappa shape index (κ3) is 4.95. The number of fused-ring (bicyclic) bond motifs is 1. The van der Waals surface area contributed by atoms with Gasteiger partial charge in [0.1, 0.15) is 6.10 Å². The average molecular weight is 419 g/mol. The van der Waals surface area contributed by atoms with Crippen molar-refractivity contribution in [3.8, 4) is 0 Å². The molecule has 2 unspecified atom stereocenters. The van der Waals surface area contributed by atoms with Crippen LogP contribution in [-0.4, -0.2) is 36.6 Å². The van der Waals surface area contributed by atoms with Crippen LogP contribution in [0.25, 0.3) is 0 Å². The Balaban J connectivity index is 1.42. The second-order valence-corrected chi connectivity index (χ2v) is 9.26. The van der Waals surface area contributed by atoms with Gasteiger partial charge in [-0.1, -0.05) is 23.7 Å². The van der Waals surface area contributed by atoms with Crippen molar-refractivity contribution in [3.63, 3.8) is 0 Å². The molecule has 1 aromatic heterocycles. The number of halogens is 1. The molecule has 28 heavy (non-hydrogen) atoms. The molecule has 1 aliphatic carbocycles. The van der Waals surface area contributed by atoms with Crippen LogP contribution in [0.1, 0.15) is 41.8 Å². The van der Waals surface area contributed by atoms with Crippen LogP contribution in [0.5, 0.6) is 0 Å². The van der Waals surface area contributed by atoms with Crippen LogP contribution in [0.15, 0.2) is 35.7 Å². The fourth-order valence-corrected chi connectivity index (χ4v) is 4.68. The molecule has 4 nitrogen and oxygen atoms in total. The molecule has 1 saturated carbocycles. The van der Waals surface area contributed by atoms with E-state index in [0.717, 1.165) is 24.5 Å². The summed E-state index contributed by atoms with van der Waals surface area (Å²) in [7, 11) is 0. The Bertz CT molecular complexity index is 803. The zero-order chi connectivity index (χ0) is 19.5. The number of amides is 1. The fourth-order valence-electron chi connectivity index (χ4n) is 3.66. The van der Waals surface area contributed by atoms with E-state index >= 15 is 0 Å². The number of nitrogens with zero attached hydrogens (tertiary/aromatic N) is 1. The zero-order valence-corrected chi connectivity index (χ0v) is 17.8. The van der Waals surface area contributed by atoms with Gasteiger partial charge >= 0.3 is 0 Å². The molecule has 4 rings (SSSR count). The number of thiophene rings is 1. The van der Waals surface area contributed by atoms with Gasteiger partial charge in [-0.05, 0) is 66.8 Å². The summed E-state index contributed by atoms with van der Waals surface area (Å²) in [6.45, 7) is 5.01. The van der Waals surface area contributed by atoms with Gasteiger partial charge in [0.15, 0.2) is 0 Å². The molecule has 0 bridgehead atoms. The van der Waals surface area contributed by atoms with Gasteiger partial charge in [0.05, 0.1) is 12.6 Å². The molecule has 1 amide bonds. The van der Waals surface area contributed by atoms with Crippen LogP contribution in [0, 0.1) is 5.92 Å². The van der Waals surface area contributed by atoms with Crippen molar-refractivity contribution in [1.82, 2.24) is 10.2 Å². The number of ether oxygens (including phenoxy) is 1. The second kappa shape index (κ2) is 8.95. The third-order valence-electron chi connectivity index (χ3n) is 5.65. The molecular weight excluding hydrogens is 392 g/mol. The lowest BCUT2D eigenvalue weighted by molar-refractivity contribution is -0.132. The van der Waals surface area contributed by atoms with E-state index in [-0.39, 0.29) is 11.9 Å². The molecular formula is C22H27ClN2O2S. The Morgan fingerprint density at radius 3 is 2.86 bits per heavy atom. The summed E-state index contributed by atoms with van der Waals surface area (Å²) in [6, 6.07) is 10.3. The first-order valence-corrected chi connectivity index (χ1v) is 11.3. The van der Waals surface area contributed by atoms with Gasteiger partial charge in [-0.2, -0.15) is 0 Å². The van der Waals surface area contributed by atoms with Crippen LogP contribution in [0.3, 0.4) is 0 Å². The molecule has 1 aliphatic heterocycles. The van der Waals surface area contributed by atoms with Crippen molar-refractivity contribution in [2.45, 2.75) is 44.9 Å². The maximum absolute atomic E-state index is 12.5. The van der Waals surface area contributed by atoms with Crippen molar-refractivity contribution in [2.75, 3.05) is 19.7 Å². The van der Waals surface area contributed by atoms with Crippen molar-refractivity contribution < 1.29 is 9.53 Å². The minimum absolute atomic E-state index is 0.0344. The lowest BCUT2D eigenvalue weighted by Crippen LogP contribution is -2.43. The number of benzene rings is 1. The van der Waals surface area contributed by atoms with Gasteiger partial charge in [0.2, 0.25) is 5.91 Å². The number of carbonyl (C=O) groups excluding carboxylic acids is 1. The summed E-state index contributed by atoms with van der Waals surface area (Å²) in [4.78, 5) is 16.5. The molecule has 0 radical (unpaired) electrons. The summed E-state index contributed by atoms with van der Waals surface area (Å²) in [5.41, 5.74) is 2.58. The monoisotopic (exact) mass is 418 g/mol. The summed E-state index contributed by atoms with van der Waals surface area (Å²) in [5, 5.41) is 6.02. The molecule has 1 N–H and O–H groups in total. The quantitative estimate of drug-likeness (QED) is 0.689. The van der Waals surface area contributed by atoms with Gasteiger partial charge in [0, 0.05) is 29.5 Å². The lowest BCUT2D eigenvalue weighted by atomic mass is 10.0. The summed E-state index contributed by atoms with van der Waals surface area (Å²) in [6.07, 6.45) is 3.11. The molecule has 6 heteroatoms. The smallest absolute Gasteiger partial charge is 0.248 e. The normalized spacial score (nSPS) is 19.1. The maximum atomic E-state index is 12.5. The Morgan fingerprint density at radius 1 is 1.32 bits per heavy atom. The van der Waals surface area contributed by atoms with E-state index < -0.39 is 6.10 Å². The van der Waals surface area contributed by atoms with Gasteiger partial charge in [-0.25, -0.2) is 0 Å². The van der Waals surface area contributed by atoms with E-state index in [2.05, 4.69) is 33.8 Å². The molecule has 0 spiro atoms. The first-order valence-electron chi connectivity index (χ1n) is 10.0. The molecule has 0 saturated heterocycles. The van der Waals surface area contributed by atoms with E-state index in [1.165, 1.54) is 28.8 Å². The molecule has 2 aliphatic rings. The number of hydrogen-bond acceptors (Lipinski definition) is 4. The minimum Gasteiger partial charge on any atom is -0.368 e. The zero-order valence-electron chi connectivity index (χ0n) is 16.2. The van der Waals surface area contributed by atoms with Crippen molar-refractivity contribution in [1.29, 1.82) is 0 Å². The fraction of sp³-hybridized carbons (Fsp3) is 0.500. The molecule has 2 atom stereocenters. The van der Waals surface area contributed by atoms with Crippen LogP contribution >= 0.6 is 22.9 Å². The highest BCUT2D eigenvalue weighted by Gasteiger charge is 2.27. The second-order valence-electron chi connectivity index (χ2n) is 7.82. The average Bonchev–Trinajstić information content (AvgIpc) is 3.42. The van der Waals surface area contributed by atoms with Crippen molar-refractivity contribution in [2.24, 2.45) is 5.92 Å². The van der Waals surface area contributed by atoms with E-state index in [4.69, 9.17) is 16.3 Å². The summed E-state index contributed by atoms with van der Waals surface area (Å²) < 4.78 is 5.72. The van der Waals surface area contributed by atoms with Crippen LogP contribution in [0.2, 0.25) is 5.02 Å². The molecule has 2 aromatic rings. The Hall–Kier alpha value is -1.40. The highest BCUT2D eigenvalue weighted by Crippen LogP contribution is 2.31. The minimum atomic E-state index is -0.406. The van der Waals surface area contributed by atoms with Gasteiger partial charge in [0.25, 0.3) is 0 Å². The summed E-state index contributed by atoms with van der Waals surface area (Å²) in [5.74, 6) is 0.623. The highest BCUT2D eigenvalue weighted by atomic mass is 35.5. The molecule has 150 valence electrons. The standard InChI is InChI=1S/C22H27ClN2O2S/c1-15(27-14-16-2-3-16)22(26)24-12-20(17-4-6-19(23)7-5-17)25-10-8-21-18(13-25)9-11-28-21/h4-7,9,11,15-16,20H,2-3,8,10,12-14H2,1H3,(H,24,26). The van der Waals surface area contributed by atoms with E-state index in [1.54, 1.807) is 0 Å². The molecule has 2 heterocycles. The Labute approximate surface area is 175 Å². The number of hydrogen-bond donors (Lipinski definition) is 1. The Kier molecular flexibility index (Phi) is 6.36. The molecule has 1 fully saturated rings. The summed E-state index contributed by atoms with van der Waals surface area (Å²) >= 11 is 7.93. The third-order valence-corrected chi connectivity index (χ3v) is 6.93. The first kappa shape index (κ1) is 19.9. The van der Waals surface area contributed by atoms with E-state index in [0.29, 0.717) is 19.1 Å². The lowest BCUT2D eigenvalue weighted by Gasteiger charge is -2.35. The van der Waals surface area contributed by atoms with Crippen LogP contribution in [-0.2, 0) is 22.5 Å². The predicted molar refractivity (Wildman–Crippen MR) is 114 cm³/mol. The predicted octanol–water partition coefficient (Wildman–Crippen LogP) is 4.43. The first-order chi connectivity index (χ1) is 13.6. The van der Waals surface area contributed by atoms with Crippen molar-refractivity contribution in [3.05, 3.63) is 56.7 Å². The largest absolute Gasteiger partial charge is 0.368 e. The number of nitrogens with one attached hydrogen (secondary N) is 1. The van der Waals surface area contributed by atoms with E-state index in [1.807, 2.05) is 30.4 Å². The number of carbonyl (C=O) groups is 1. The van der Waals surface area contributed by atoms with Crippen LogP contribution in [0.4, 0.5) is 0 Å². The van der Waals surface area contributed by atoms with Gasteiger partial charge in [-0.15, -0.1) is 11.3 Å². The molecule has 1 aromatic carbocycles.